The molecule has 4 saturated carbocycles. The number of hydrogen-bond acceptors (Lipinski definition) is 5. The summed E-state index contributed by atoms with van der Waals surface area (Å²) in [6.07, 6.45) is 10.7. The minimum Gasteiger partial charge on any atom is -0.496 e. The van der Waals surface area contributed by atoms with Crippen molar-refractivity contribution in [1.82, 2.24) is 10.2 Å². The van der Waals surface area contributed by atoms with Gasteiger partial charge in [-0.25, -0.2) is 0 Å². The number of rotatable bonds is 9. The Morgan fingerprint density at radius 3 is 2.31 bits per heavy atom. The lowest BCUT2D eigenvalue weighted by Crippen LogP contribution is -2.54. The van der Waals surface area contributed by atoms with E-state index in [-0.39, 0.29) is 35.5 Å². The smallest absolute Gasteiger partial charge is 0.257 e. The van der Waals surface area contributed by atoms with Crippen molar-refractivity contribution in [2.24, 2.45) is 23.2 Å². The lowest BCUT2D eigenvalue weighted by Gasteiger charge is -2.42. The minimum absolute atomic E-state index is 0.0651. The van der Waals surface area contributed by atoms with E-state index in [1.165, 1.54) is 0 Å². The van der Waals surface area contributed by atoms with Gasteiger partial charge in [0.05, 0.1) is 30.3 Å². The van der Waals surface area contributed by atoms with Crippen LogP contribution in [0.15, 0.2) is 12.1 Å². The number of methoxy groups -OCH3 is 2. The van der Waals surface area contributed by atoms with E-state index in [2.05, 4.69) is 19.2 Å². The summed E-state index contributed by atoms with van der Waals surface area (Å²) in [6, 6.07) is 3.66. The summed E-state index contributed by atoms with van der Waals surface area (Å²) in [4.78, 5) is 29.4. The van der Waals surface area contributed by atoms with Gasteiger partial charge in [0, 0.05) is 26.7 Å². The van der Waals surface area contributed by atoms with E-state index in [1.807, 2.05) is 31.0 Å². The maximum absolute atomic E-state index is 14.1. The largest absolute Gasteiger partial charge is 0.496 e. The fourth-order valence-corrected chi connectivity index (χ4v) is 7.70. The van der Waals surface area contributed by atoms with Crippen molar-refractivity contribution >= 4 is 11.8 Å². The highest BCUT2D eigenvalue weighted by molar-refractivity contribution is 5.98. The number of aryl methyl sites for hydroxylation is 1. The van der Waals surface area contributed by atoms with E-state index in [0.29, 0.717) is 35.1 Å². The molecule has 4 atom stereocenters. The molecular formula is C32H48N2O5. The van der Waals surface area contributed by atoms with Gasteiger partial charge in [0.15, 0.2) is 0 Å². The molecule has 7 heteroatoms. The zero-order valence-electron chi connectivity index (χ0n) is 24.8. The van der Waals surface area contributed by atoms with Crippen LogP contribution in [-0.4, -0.2) is 62.3 Å². The first-order valence-corrected chi connectivity index (χ1v) is 15.0. The van der Waals surface area contributed by atoms with Crippen LogP contribution in [0.2, 0.25) is 0 Å². The first-order valence-electron chi connectivity index (χ1n) is 15.0. The highest BCUT2D eigenvalue weighted by atomic mass is 16.5. The number of fused-ring (bicyclic) bond motifs is 2. The van der Waals surface area contributed by atoms with E-state index in [0.717, 1.165) is 75.5 Å². The Morgan fingerprint density at radius 1 is 1.00 bits per heavy atom. The van der Waals surface area contributed by atoms with Crippen molar-refractivity contribution in [3.8, 4) is 11.5 Å². The number of benzene rings is 1. The number of carbonyl (C=O) groups excluding carboxylic acids is 2. The number of nitrogens with one attached hydrogen (secondary N) is 1. The molecule has 0 aliphatic heterocycles. The number of nitrogens with zero attached hydrogens (tertiary/aromatic N) is 1. The number of amides is 2. The predicted octanol–water partition coefficient (Wildman–Crippen LogP) is 5.52. The van der Waals surface area contributed by atoms with E-state index in [4.69, 9.17) is 14.2 Å². The van der Waals surface area contributed by atoms with Gasteiger partial charge in [0.1, 0.15) is 11.5 Å². The Labute approximate surface area is 234 Å². The standard InChI is InChI=1S/C32H48N2O5/c1-20-16-26(37-5)24(18-25(20)39-23-10-14-31(2,3)15-11-23)30(36)34(4)28-22-9-8-21(17-22)27(28)29(35)33-19-32(38-6)12-7-13-32/h16,18,21-23,27-28H,7-15,17,19H2,1-6H3,(H,33,35)/t21-,22+,27+,28-/m1/s1. The Kier molecular flexibility index (Phi) is 7.93. The second-order valence-electron chi connectivity index (χ2n) is 13.5. The summed E-state index contributed by atoms with van der Waals surface area (Å²) in [5, 5.41) is 3.21. The molecule has 4 fully saturated rings. The quantitative estimate of drug-likeness (QED) is 0.446. The van der Waals surface area contributed by atoms with Crippen LogP contribution in [0.1, 0.15) is 94.0 Å². The normalized spacial score (nSPS) is 29.0. The molecule has 39 heavy (non-hydrogen) atoms. The molecule has 4 aliphatic carbocycles. The van der Waals surface area contributed by atoms with Crippen molar-refractivity contribution < 1.29 is 23.8 Å². The molecule has 0 spiro atoms. The van der Waals surface area contributed by atoms with Gasteiger partial charge in [-0.15, -0.1) is 0 Å². The van der Waals surface area contributed by atoms with Crippen molar-refractivity contribution in [1.29, 1.82) is 0 Å². The van der Waals surface area contributed by atoms with Gasteiger partial charge in [0.25, 0.3) is 5.91 Å². The van der Waals surface area contributed by atoms with E-state index in [1.54, 1.807) is 14.2 Å². The van der Waals surface area contributed by atoms with Gasteiger partial charge in [-0.05, 0) is 106 Å². The molecule has 0 saturated heterocycles. The van der Waals surface area contributed by atoms with Gasteiger partial charge in [-0.2, -0.15) is 0 Å². The molecule has 2 bridgehead atoms. The molecule has 0 radical (unpaired) electrons. The highest BCUT2D eigenvalue weighted by Crippen LogP contribution is 2.51. The first kappa shape index (κ1) is 28.3. The van der Waals surface area contributed by atoms with Crippen molar-refractivity contribution in [3.63, 3.8) is 0 Å². The molecule has 5 rings (SSSR count). The van der Waals surface area contributed by atoms with E-state index in [9.17, 15) is 9.59 Å². The summed E-state index contributed by atoms with van der Waals surface area (Å²) in [5.74, 6) is 1.74. The number of hydrogen-bond donors (Lipinski definition) is 1. The molecular weight excluding hydrogens is 492 g/mol. The third-order valence-corrected chi connectivity index (χ3v) is 10.5. The summed E-state index contributed by atoms with van der Waals surface area (Å²) >= 11 is 0. The van der Waals surface area contributed by atoms with Gasteiger partial charge in [-0.1, -0.05) is 13.8 Å². The molecule has 4 aliphatic rings. The van der Waals surface area contributed by atoms with Crippen LogP contribution < -0.4 is 14.8 Å². The second kappa shape index (κ2) is 10.9. The number of ether oxygens (including phenoxy) is 3. The first-order chi connectivity index (χ1) is 18.6. The topological polar surface area (TPSA) is 77.1 Å². The molecule has 1 aromatic carbocycles. The fraction of sp³-hybridized carbons (Fsp3) is 0.750. The molecule has 0 heterocycles. The minimum atomic E-state index is -0.218. The van der Waals surface area contributed by atoms with Crippen LogP contribution >= 0.6 is 0 Å². The molecule has 0 unspecified atom stereocenters. The third-order valence-electron chi connectivity index (χ3n) is 10.5. The SMILES string of the molecule is COc1cc(C)c(OC2CCC(C)(C)CC2)cc1C(=O)N(C)[C@@H]1[C@H]2CC[C@H](C2)[C@@H]1C(=O)NCC1(OC)CCC1. The lowest BCUT2D eigenvalue weighted by molar-refractivity contribution is -0.132. The Morgan fingerprint density at radius 2 is 1.69 bits per heavy atom. The molecule has 2 amide bonds. The molecule has 216 valence electrons. The van der Waals surface area contributed by atoms with Crippen LogP contribution in [-0.2, 0) is 9.53 Å². The summed E-state index contributed by atoms with van der Waals surface area (Å²) in [6.45, 7) is 7.19. The fourth-order valence-electron chi connectivity index (χ4n) is 7.70. The molecule has 1 aromatic rings. The Bertz CT molecular complexity index is 1070. The summed E-state index contributed by atoms with van der Waals surface area (Å²) in [5.41, 5.74) is 1.62. The molecule has 1 N–H and O–H groups in total. The van der Waals surface area contributed by atoms with E-state index >= 15 is 0 Å². The van der Waals surface area contributed by atoms with Crippen molar-refractivity contribution in [3.05, 3.63) is 23.3 Å². The van der Waals surface area contributed by atoms with Gasteiger partial charge in [-0.3, -0.25) is 9.59 Å². The molecule has 7 nitrogen and oxygen atoms in total. The van der Waals surface area contributed by atoms with Crippen LogP contribution in [0.5, 0.6) is 11.5 Å². The summed E-state index contributed by atoms with van der Waals surface area (Å²) in [7, 11) is 5.20. The average molecular weight is 541 g/mol. The zero-order chi connectivity index (χ0) is 27.9. The van der Waals surface area contributed by atoms with Crippen LogP contribution in [0.3, 0.4) is 0 Å². The second-order valence-corrected chi connectivity index (χ2v) is 13.5. The van der Waals surface area contributed by atoms with Gasteiger partial charge >= 0.3 is 0 Å². The zero-order valence-corrected chi connectivity index (χ0v) is 24.8. The number of carbonyl (C=O) groups is 2. The average Bonchev–Trinajstić information content (AvgIpc) is 3.51. The van der Waals surface area contributed by atoms with Gasteiger partial charge < -0.3 is 24.4 Å². The van der Waals surface area contributed by atoms with Crippen LogP contribution in [0.25, 0.3) is 0 Å². The Hall–Kier alpha value is -2.28. The maximum Gasteiger partial charge on any atom is 0.257 e. The predicted molar refractivity (Wildman–Crippen MR) is 151 cm³/mol. The highest BCUT2D eigenvalue weighted by Gasteiger charge is 2.53. The maximum atomic E-state index is 14.1. The Balaban J connectivity index is 1.33. The monoisotopic (exact) mass is 540 g/mol. The molecule has 0 aromatic heterocycles. The van der Waals surface area contributed by atoms with Crippen molar-refractivity contribution in [2.75, 3.05) is 27.8 Å². The van der Waals surface area contributed by atoms with Crippen LogP contribution in [0.4, 0.5) is 0 Å². The van der Waals surface area contributed by atoms with E-state index < -0.39 is 0 Å². The van der Waals surface area contributed by atoms with Crippen LogP contribution in [0, 0.1) is 30.1 Å². The van der Waals surface area contributed by atoms with Gasteiger partial charge in [0.2, 0.25) is 5.91 Å². The summed E-state index contributed by atoms with van der Waals surface area (Å²) < 4.78 is 17.9. The lowest BCUT2D eigenvalue weighted by atomic mass is 9.76. The third kappa shape index (κ3) is 5.53. The van der Waals surface area contributed by atoms with Crippen molar-refractivity contribution in [2.45, 2.75) is 103 Å².